The molecular weight excluding hydrogens is 262 g/mol. The van der Waals surface area contributed by atoms with Crippen LogP contribution in [0.1, 0.15) is 30.6 Å². The van der Waals surface area contributed by atoms with Gasteiger partial charge in [0.25, 0.3) is 0 Å². The fraction of sp³-hybridized carbons (Fsp3) is 0.600. The van der Waals surface area contributed by atoms with Gasteiger partial charge >= 0.3 is 0 Å². The molecule has 0 amide bonds. The smallest absolute Gasteiger partial charge is 0.0541 e. The van der Waals surface area contributed by atoms with E-state index in [9.17, 15) is 5.11 Å². The summed E-state index contributed by atoms with van der Waals surface area (Å²) in [4.78, 5) is 1.23. The van der Waals surface area contributed by atoms with Crippen LogP contribution in [0.4, 0.5) is 0 Å². The van der Waals surface area contributed by atoms with Crippen molar-refractivity contribution in [2.75, 3.05) is 0 Å². The van der Waals surface area contributed by atoms with Crippen LogP contribution < -0.4 is 5.73 Å². The third-order valence-electron chi connectivity index (χ3n) is 2.92. The minimum atomic E-state index is -0.216. The summed E-state index contributed by atoms with van der Waals surface area (Å²) >= 11 is 5.22. The predicted molar refractivity (Wildman–Crippen MR) is 62.4 cm³/mol. The second-order valence-corrected chi connectivity index (χ2v) is 5.76. The summed E-state index contributed by atoms with van der Waals surface area (Å²) < 4.78 is 1.11. The number of hydrogen-bond acceptors (Lipinski definition) is 3. The molecule has 1 aliphatic carbocycles. The molecule has 0 atom stereocenters. The van der Waals surface area contributed by atoms with Crippen LogP contribution in [-0.4, -0.2) is 11.2 Å². The minimum absolute atomic E-state index is 0.148. The monoisotopic (exact) mass is 275 g/mol. The van der Waals surface area contributed by atoms with Crippen LogP contribution in [0.25, 0.3) is 0 Å². The van der Waals surface area contributed by atoms with Gasteiger partial charge < -0.3 is 10.8 Å². The van der Waals surface area contributed by atoms with Gasteiger partial charge in [0.05, 0.1) is 11.6 Å². The summed E-state index contributed by atoms with van der Waals surface area (Å²) in [6.07, 6.45) is 3.26. The zero-order chi connectivity index (χ0) is 10.2. The normalized spacial score (nSPS) is 33.2. The molecule has 0 aromatic carbocycles. The molecule has 2 rings (SSSR count). The van der Waals surface area contributed by atoms with E-state index < -0.39 is 0 Å². The average molecular weight is 276 g/mol. The molecule has 4 heteroatoms. The van der Waals surface area contributed by atoms with Gasteiger partial charge in [0, 0.05) is 9.35 Å². The maximum absolute atomic E-state index is 9.44. The molecule has 1 fully saturated rings. The van der Waals surface area contributed by atoms with E-state index in [1.54, 1.807) is 11.3 Å². The Balaban J connectivity index is 2.21. The number of thiophene rings is 1. The number of aliphatic hydroxyl groups excluding tert-OH is 1. The van der Waals surface area contributed by atoms with Crippen molar-refractivity contribution >= 4 is 27.3 Å². The van der Waals surface area contributed by atoms with Crippen molar-refractivity contribution in [3.8, 4) is 0 Å². The fourth-order valence-corrected chi connectivity index (χ4v) is 3.94. The highest BCUT2D eigenvalue weighted by atomic mass is 79.9. The Hall–Kier alpha value is 0.1000. The van der Waals surface area contributed by atoms with E-state index in [4.69, 9.17) is 5.73 Å². The van der Waals surface area contributed by atoms with Crippen molar-refractivity contribution in [3.63, 3.8) is 0 Å². The average Bonchev–Trinajstić information content (AvgIpc) is 2.58. The van der Waals surface area contributed by atoms with Gasteiger partial charge in [0.2, 0.25) is 0 Å². The van der Waals surface area contributed by atoms with Crippen molar-refractivity contribution in [1.29, 1.82) is 0 Å². The van der Waals surface area contributed by atoms with Gasteiger partial charge in [0.15, 0.2) is 0 Å². The van der Waals surface area contributed by atoms with Crippen LogP contribution in [0.15, 0.2) is 15.9 Å². The number of rotatable bonds is 1. The van der Waals surface area contributed by atoms with E-state index in [1.807, 2.05) is 6.07 Å². The molecule has 1 aromatic rings. The number of aliphatic hydroxyl groups is 1. The summed E-state index contributed by atoms with van der Waals surface area (Å²) in [7, 11) is 0. The molecule has 0 spiro atoms. The molecule has 78 valence electrons. The molecule has 0 radical (unpaired) electrons. The molecule has 3 N–H and O–H groups in total. The van der Waals surface area contributed by atoms with E-state index in [1.165, 1.54) is 4.88 Å². The molecule has 2 nitrogen and oxygen atoms in total. The number of halogens is 1. The lowest BCUT2D eigenvalue weighted by atomic mass is 9.80. The molecule has 1 heterocycles. The molecule has 14 heavy (non-hydrogen) atoms. The third-order valence-corrected chi connectivity index (χ3v) is 4.97. The summed E-state index contributed by atoms with van der Waals surface area (Å²) in [5.74, 6) is 0. The van der Waals surface area contributed by atoms with Gasteiger partial charge in [-0.3, -0.25) is 0 Å². The molecule has 0 unspecified atom stereocenters. The van der Waals surface area contributed by atoms with Gasteiger partial charge in [-0.2, -0.15) is 0 Å². The Morgan fingerprint density at radius 2 is 2.14 bits per heavy atom. The Morgan fingerprint density at radius 3 is 2.64 bits per heavy atom. The van der Waals surface area contributed by atoms with Crippen molar-refractivity contribution in [3.05, 3.63) is 20.8 Å². The van der Waals surface area contributed by atoms with E-state index in [-0.39, 0.29) is 11.6 Å². The summed E-state index contributed by atoms with van der Waals surface area (Å²) in [5.41, 5.74) is 6.14. The first kappa shape index (κ1) is 10.6. The Bertz CT molecular complexity index is 318. The fourth-order valence-electron chi connectivity index (χ4n) is 1.99. The van der Waals surface area contributed by atoms with Crippen LogP contribution in [0.2, 0.25) is 0 Å². The zero-order valence-electron chi connectivity index (χ0n) is 7.87. The first-order chi connectivity index (χ1) is 6.62. The standard InChI is InChI=1S/C10H14BrNOS/c11-8-3-6-14-9(8)10(12)4-1-7(13)2-5-10/h3,6-7,13H,1-2,4-5,12H2. The molecule has 0 bridgehead atoms. The van der Waals surface area contributed by atoms with Crippen LogP contribution in [0, 0.1) is 0 Å². The number of nitrogens with two attached hydrogens (primary N) is 1. The quantitative estimate of drug-likeness (QED) is 0.828. The van der Waals surface area contributed by atoms with E-state index in [2.05, 4.69) is 21.3 Å². The lowest BCUT2D eigenvalue weighted by Crippen LogP contribution is -2.41. The maximum Gasteiger partial charge on any atom is 0.0541 e. The molecule has 1 aliphatic rings. The first-order valence-corrected chi connectivity index (χ1v) is 6.49. The maximum atomic E-state index is 9.44. The highest BCUT2D eigenvalue weighted by molar-refractivity contribution is 9.10. The van der Waals surface area contributed by atoms with E-state index >= 15 is 0 Å². The van der Waals surface area contributed by atoms with Crippen molar-refractivity contribution < 1.29 is 5.11 Å². The number of hydrogen-bond donors (Lipinski definition) is 2. The van der Waals surface area contributed by atoms with Crippen molar-refractivity contribution in [2.45, 2.75) is 37.3 Å². The molecule has 1 aromatic heterocycles. The van der Waals surface area contributed by atoms with Crippen LogP contribution in [0.5, 0.6) is 0 Å². The SMILES string of the molecule is NC1(c2sccc2Br)CCC(O)CC1. The van der Waals surface area contributed by atoms with Crippen molar-refractivity contribution in [2.24, 2.45) is 5.73 Å². The van der Waals surface area contributed by atoms with Gasteiger partial charge in [-0.1, -0.05) is 0 Å². The Kier molecular flexibility index (Phi) is 2.98. The molecule has 1 saturated carbocycles. The van der Waals surface area contributed by atoms with E-state index in [0.29, 0.717) is 0 Å². The Morgan fingerprint density at radius 1 is 1.50 bits per heavy atom. The molecular formula is C10H14BrNOS. The molecule has 0 aliphatic heterocycles. The highest BCUT2D eigenvalue weighted by Gasteiger charge is 2.34. The van der Waals surface area contributed by atoms with Gasteiger partial charge in [0.1, 0.15) is 0 Å². The predicted octanol–water partition coefficient (Wildman–Crippen LogP) is 2.60. The Labute approximate surface area is 96.3 Å². The van der Waals surface area contributed by atoms with Crippen LogP contribution >= 0.6 is 27.3 Å². The zero-order valence-corrected chi connectivity index (χ0v) is 10.3. The second-order valence-electron chi connectivity index (χ2n) is 3.98. The lowest BCUT2D eigenvalue weighted by molar-refractivity contribution is 0.0978. The van der Waals surface area contributed by atoms with Crippen LogP contribution in [-0.2, 0) is 5.54 Å². The lowest BCUT2D eigenvalue weighted by Gasteiger charge is -2.35. The summed E-state index contributed by atoms with van der Waals surface area (Å²) in [6, 6.07) is 2.04. The highest BCUT2D eigenvalue weighted by Crippen LogP contribution is 2.41. The molecule has 0 saturated heterocycles. The minimum Gasteiger partial charge on any atom is -0.393 e. The third kappa shape index (κ3) is 1.89. The van der Waals surface area contributed by atoms with Gasteiger partial charge in [-0.05, 0) is 53.1 Å². The summed E-state index contributed by atoms with van der Waals surface area (Å²) in [5, 5.41) is 11.5. The van der Waals surface area contributed by atoms with Gasteiger partial charge in [-0.15, -0.1) is 11.3 Å². The topological polar surface area (TPSA) is 46.2 Å². The van der Waals surface area contributed by atoms with E-state index in [0.717, 1.165) is 30.2 Å². The van der Waals surface area contributed by atoms with Gasteiger partial charge in [-0.25, -0.2) is 0 Å². The summed E-state index contributed by atoms with van der Waals surface area (Å²) in [6.45, 7) is 0. The van der Waals surface area contributed by atoms with Crippen LogP contribution in [0.3, 0.4) is 0 Å². The first-order valence-electron chi connectivity index (χ1n) is 4.82. The largest absolute Gasteiger partial charge is 0.393 e. The second kappa shape index (κ2) is 3.93. The van der Waals surface area contributed by atoms with Crippen molar-refractivity contribution in [1.82, 2.24) is 0 Å².